The summed E-state index contributed by atoms with van der Waals surface area (Å²) in [6, 6.07) is 1.06. The van der Waals surface area contributed by atoms with Gasteiger partial charge in [-0.25, -0.2) is 0 Å². The molecule has 0 amide bonds. The first-order chi connectivity index (χ1) is 6.47. The molecule has 3 heteroatoms. The quantitative estimate of drug-likeness (QED) is 0.539. The van der Waals surface area contributed by atoms with Gasteiger partial charge >= 0.3 is 0 Å². The van der Waals surface area contributed by atoms with Gasteiger partial charge < -0.3 is 10.2 Å². The van der Waals surface area contributed by atoms with Crippen molar-refractivity contribution >= 4 is 5.84 Å². The third-order valence-electron chi connectivity index (χ3n) is 2.29. The van der Waals surface area contributed by atoms with Gasteiger partial charge in [0.1, 0.15) is 0 Å². The summed E-state index contributed by atoms with van der Waals surface area (Å²) in [5, 5.41) is 3.37. The summed E-state index contributed by atoms with van der Waals surface area (Å²) in [6.45, 7) is 12.6. The highest BCUT2D eigenvalue weighted by Gasteiger charge is 2.08. The normalized spacial score (nSPS) is 15.0. The molecule has 0 rings (SSSR count). The van der Waals surface area contributed by atoms with Gasteiger partial charge in [-0.2, -0.15) is 0 Å². The van der Waals surface area contributed by atoms with Crippen LogP contribution in [0.5, 0.6) is 0 Å². The number of hydrogen-bond donors (Lipinski definition) is 1. The first kappa shape index (κ1) is 13.4. The monoisotopic (exact) mass is 199 g/mol. The van der Waals surface area contributed by atoms with Crippen LogP contribution in [0.25, 0.3) is 0 Å². The zero-order chi connectivity index (χ0) is 11.1. The van der Waals surface area contributed by atoms with Crippen molar-refractivity contribution in [2.45, 2.75) is 46.7 Å². The predicted octanol–water partition coefficient (Wildman–Crippen LogP) is 1.74. The van der Waals surface area contributed by atoms with E-state index < -0.39 is 0 Å². The zero-order valence-electron chi connectivity index (χ0n) is 10.5. The van der Waals surface area contributed by atoms with E-state index in [0.29, 0.717) is 12.1 Å². The van der Waals surface area contributed by atoms with E-state index in [1.165, 1.54) is 0 Å². The zero-order valence-corrected chi connectivity index (χ0v) is 10.5. The van der Waals surface area contributed by atoms with E-state index in [1.54, 1.807) is 0 Å². The molecule has 0 heterocycles. The lowest BCUT2D eigenvalue weighted by Gasteiger charge is -2.25. The Kier molecular flexibility index (Phi) is 6.54. The minimum Gasteiger partial charge on any atom is -0.370 e. The molecule has 0 saturated carbocycles. The highest BCUT2D eigenvalue weighted by molar-refractivity contribution is 5.79. The lowest BCUT2D eigenvalue weighted by atomic mass is 10.2. The molecule has 0 aromatic heterocycles. The Hall–Kier alpha value is -0.570. The second-order valence-electron chi connectivity index (χ2n) is 4.14. The third-order valence-corrected chi connectivity index (χ3v) is 2.29. The van der Waals surface area contributed by atoms with Crippen molar-refractivity contribution < 1.29 is 0 Å². The molecule has 84 valence electrons. The average molecular weight is 199 g/mol. The van der Waals surface area contributed by atoms with Crippen LogP contribution in [0.1, 0.15) is 34.6 Å². The summed E-state index contributed by atoms with van der Waals surface area (Å²) in [4.78, 5) is 6.63. The van der Waals surface area contributed by atoms with E-state index in [-0.39, 0.29) is 0 Å². The Morgan fingerprint density at radius 1 is 1.36 bits per heavy atom. The Morgan fingerprint density at radius 3 is 2.36 bits per heavy atom. The second kappa shape index (κ2) is 6.82. The molecule has 1 N–H and O–H groups in total. The molecule has 0 aromatic rings. The number of rotatable bonds is 5. The number of nitrogens with one attached hydrogen (secondary N) is 1. The van der Waals surface area contributed by atoms with E-state index >= 15 is 0 Å². The molecular weight excluding hydrogens is 174 g/mol. The summed E-state index contributed by atoms with van der Waals surface area (Å²) in [6.07, 6.45) is 0. The van der Waals surface area contributed by atoms with E-state index in [1.807, 2.05) is 6.92 Å². The molecule has 1 atom stereocenters. The van der Waals surface area contributed by atoms with Crippen molar-refractivity contribution in [1.29, 1.82) is 0 Å². The highest BCUT2D eigenvalue weighted by Crippen LogP contribution is 1.95. The van der Waals surface area contributed by atoms with E-state index in [0.717, 1.165) is 18.9 Å². The van der Waals surface area contributed by atoms with Crippen molar-refractivity contribution in [3.8, 4) is 0 Å². The van der Waals surface area contributed by atoms with Gasteiger partial charge in [-0.05, 0) is 41.7 Å². The van der Waals surface area contributed by atoms with Crippen LogP contribution in [0, 0.1) is 0 Å². The summed E-state index contributed by atoms with van der Waals surface area (Å²) in [7, 11) is 2.15. The lowest BCUT2D eigenvalue weighted by molar-refractivity contribution is 0.255. The van der Waals surface area contributed by atoms with Crippen LogP contribution < -0.4 is 5.32 Å². The van der Waals surface area contributed by atoms with Gasteiger partial charge in [0.2, 0.25) is 0 Å². The van der Waals surface area contributed by atoms with Crippen LogP contribution in [0.15, 0.2) is 4.99 Å². The minimum atomic E-state index is 0.456. The Labute approximate surface area is 88.6 Å². The first-order valence-corrected chi connectivity index (χ1v) is 5.45. The third kappa shape index (κ3) is 5.97. The smallest absolute Gasteiger partial charge is 0.0933 e. The van der Waals surface area contributed by atoms with Gasteiger partial charge in [0.15, 0.2) is 0 Å². The molecule has 0 bridgehead atoms. The van der Waals surface area contributed by atoms with Gasteiger partial charge in [-0.1, -0.05) is 0 Å². The fraction of sp³-hybridized carbons (Fsp3) is 0.909. The molecule has 0 fully saturated rings. The minimum absolute atomic E-state index is 0.456. The van der Waals surface area contributed by atoms with Crippen LogP contribution in [-0.2, 0) is 0 Å². The van der Waals surface area contributed by atoms with Crippen LogP contribution in [0.3, 0.4) is 0 Å². The number of hydrogen-bond acceptors (Lipinski definition) is 2. The summed E-state index contributed by atoms with van der Waals surface area (Å²) >= 11 is 0. The number of likely N-dealkylation sites (N-methyl/N-ethyl adjacent to an activating group) is 1. The maximum Gasteiger partial charge on any atom is 0.0933 e. The molecule has 0 aliphatic heterocycles. The molecule has 0 aromatic carbocycles. The van der Waals surface area contributed by atoms with E-state index in [9.17, 15) is 0 Å². The van der Waals surface area contributed by atoms with E-state index in [4.69, 9.17) is 0 Å². The van der Waals surface area contributed by atoms with Crippen LogP contribution in [0.4, 0.5) is 0 Å². The van der Waals surface area contributed by atoms with Crippen LogP contribution in [0.2, 0.25) is 0 Å². The Morgan fingerprint density at radius 2 is 1.93 bits per heavy atom. The molecule has 3 nitrogen and oxygen atoms in total. The summed E-state index contributed by atoms with van der Waals surface area (Å²) in [5.41, 5.74) is 0. The number of aliphatic imine (C=N–C) groups is 1. The van der Waals surface area contributed by atoms with Gasteiger partial charge in [0, 0.05) is 25.2 Å². The molecule has 0 radical (unpaired) electrons. The fourth-order valence-electron chi connectivity index (χ4n) is 1.33. The van der Waals surface area contributed by atoms with Crippen LogP contribution in [-0.4, -0.2) is 43.0 Å². The summed E-state index contributed by atoms with van der Waals surface area (Å²) < 4.78 is 0. The van der Waals surface area contributed by atoms with Crippen molar-refractivity contribution in [3.05, 3.63) is 0 Å². The predicted molar refractivity (Wildman–Crippen MR) is 64.0 cm³/mol. The van der Waals surface area contributed by atoms with Gasteiger partial charge in [-0.15, -0.1) is 0 Å². The largest absolute Gasteiger partial charge is 0.370 e. The molecule has 1 unspecified atom stereocenters. The average Bonchev–Trinajstić information content (AvgIpc) is 2.03. The first-order valence-electron chi connectivity index (χ1n) is 5.45. The van der Waals surface area contributed by atoms with Crippen LogP contribution >= 0.6 is 0 Å². The SMILES string of the molecule is CCN=C(C)NC(C)CN(C)C(C)C. The Balaban J connectivity index is 3.86. The molecular formula is C11H25N3. The lowest BCUT2D eigenvalue weighted by Crippen LogP contribution is -2.42. The topological polar surface area (TPSA) is 27.6 Å². The van der Waals surface area contributed by atoms with E-state index in [2.05, 4.69) is 50.0 Å². The van der Waals surface area contributed by atoms with Crippen molar-refractivity contribution in [1.82, 2.24) is 10.2 Å². The standard InChI is InChI=1S/C11H25N3/c1-7-12-11(5)13-10(4)8-14(6)9(2)3/h9-10H,7-8H2,1-6H3,(H,12,13). The van der Waals surface area contributed by atoms with Crippen molar-refractivity contribution in [2.75, 3.05) is 20.1 Å². The van der Waals surface area contributed by atoms with Gasteiger partial charge in [0.25, 0.3) is 0 Å². The molecule has 0 spiro atoms. The maximum atomic E-state index is 4.30. The van der Waals surface area contributed by atoms with Crippen molar-refractivity contribution in [2.24, 2.45) is 4.99 Å². The number of amidine groups is 1. The van der Waals surface area contributed by atoms with Gasteiger partial charge in [-0.3, -0.25) is 4.99 Å². The summed E-state index contributed by atoms with van der Waals surface area (Å²) in [5.74, 6) is 1.04. The second-order valence-corrected chi connectivity index (χ2v) is 4.14. The van der Waals surface area contributed by atoms with Crippen molar-refractivity contribution in [3.63, 3.8) is 0 Å². The molecule has 0 saturated heterocycles. The maximum absolute atomic E-state index is 4.30. The Bertz CT molecular complexity index is 175. The molecule has 14 heavy (non-hydrogen) atoms. The number of nitrogens with zero attached hydrogens (tertiary/aromatic N) is 2. The molecule has 0 aliphatic rings. The molecule has 0 aliphatic carbocycles. The fourth-order valence-corrected chi connectivity index (χ4v) is 1.33. The van der Waals surface area contributed by atoms with Gasteiger partial charge in [0.05, 0.1) is 5.84 Å². The highest BCUT2D eigenvalue weighted by atomic mass is 15.2.